The molecule has 0 aromatic heterocycles. The Morgan fingerprint density at radius 2 is 2.00 bits per heavy atom. The van der Waals surface area contributed by atoms with Crippen LogP contribution in [0.4, 0.5) is 0 Å². The van der Waals surface area contributed by atoms with Gasteiger partial charge in [0.15, 0.2) is 5.78 Å². The van der Waals surface area contributed by atoms with E-state index < -0.39 is 8.32 Å². The summed E-state index contributed by atoms with van der Waals surface area (Å²) in [7, 11) is -1.56. The Kier molecular flexibility index (Phi) is 3.58. The second-order valence-electron chi connectivity index (χ2n) is 9.09. The number of hydrogen-bond donors (Lipinski definition) is 0. The van der Waals surface area contributed by atoms with Crippen LogP contribution in [0, 0.1) is 17.3 Å². The zero-order valence-electron chi connectivity index (χ0n) is 15.3. The Morgan fingerprint density at radius 3 is 2.75 bits per heavy atom. The van der Waals surface area contributed by atoms with Crippen molar-refractivity contribution in [1.29, 1.82) is 0 Å². The molecule has 1 fully saturated rings. The van der Waals surface area contributed by atoms with Gasteiger partial charge in [-0.25, -0.2) is 0 Å². The minimum Gasteiger partial charge on any atom is -0.544 e. The largest absolute Gasteiger partial charge is 0.544 e. The first kappa shape index (κ1) is 16.1. The monoisotopic (exact) mass is 340 g/mol. The molecule has 1 aromatic rings. The molecular weight excluding hydrogens is 312 g/mol. The van der Waals surface area contributed by atoms with E-state index in [0.29, 0.717) is 23.5 Å². The molecule has 0 aliphatic heterocycles. The average Bonchev–Trinajstić information content (AvgIpc) is 2.81. The van der Waals surface area contributed by atoms with Crippen molar-refractivity contribution < 1.29 is 9.22 Å². The van der Waals surface area contributed by atoms with E-state index in [-0.39, 0.29) is 5.41 Å². The highest BCUT2D eigenvalue weighted by Gasteiger charge is 2.52. The molecule has 4 rings (SSSR count). The standard InChI is InChI=1S/C21H28O2Si/c1-21-12-11-17-16-8-6-15(23-24(2,3)4)13-14(16)5-7-18(17)19(21)9-10-20(21)22/h6,8-10,13,17-19H,5,7,11-12H2,1-4H3/t17-,18-,19+,21+/m1/s1. The first-order chi connectivity index (χ1) is 11.3. The van der Waals surface area contributed by atoms with Crippen LogP contribution in [-0.2, 0) is 11.2 Å². The van der Waals surface area contributed by atoms with Crippen molar-refractivity contribution >= 4 is 14.1 Å². The predicted molar refractivity (Wildman–Crippen MR) is 99.9 cm³/mol. The summed E-state index contributed by atoms with van der Waals surface area (Å²) in [6, 6.07) is 6.76. The molecule has 2 nitrogen and oxygen atoms in total. The topological polar surface area (TPSA) is 26.3 Å². The molecule has 0 saturated heterocycles. The molecule has 3 heteroatoms. The fourth-order valence-electron chi connectivity index (χ4n) is 5.25. The van der Waals surface area contributed by atoms with Gasteiger partial charge in [0.1, 0.15) is 5.75 Å². The zero-order chi connectivity index (χ0) is 17.1. The molecule has 0 N–H and O–H groups in total. The van der Waals surface area contributed by atoms with Gasteiger partial charge in [-0.1, -0.05) is 19.1 Å². The molecule has 1 saturated carbocycles. The highest BCUT2D eigenvalue weighted by molar-refractivity contribution is 6.70. The van der Waals surface area contributed by atoms with Crippen molar-refractivity contribution in [3.05, 3.63) is 41.5 Å². The average molecular weight is 341 g/mol. The highest BCUT2D eigenvalue weighted by atomic mass is 28.4. The van der Waals surface area contributed by atoms with Gasteiger partial charge in [0.2, 0.25) is 8.32 Å². The van der Waals surface area contributed by atoms with Crippen LogP contribution in [0.5, 0.6) is 5.75 Å². The lowest BCUT2D eigenvalue weighted by Gasteiger charge is -2.48. The molecule has 0 heterocycles. The van der Waals surface area contributed by atoms with E-state index in [1.54, 1.807) is 0 Å². The minimum absolute atomic E-state index is 0.125. The van der Waals surface area contributed by atoms with Gasteiger partial charge in [-0.15, -0.1) is 0 Å². The molecule has 1 aromatic carbocycles. The second kappa shape index (κ2) is 5.32. The maximum Gasteiger partial charge on any atom is 0.242 e. The quantitative estimate of drug-likeness (QED) is 0.700. The predicted octanol–water partition coefficient (Wildman–Crippen LogP) is 5.10. The van der Waals surface area contributed by atoms with Gasteiger partial charge >= 0.3 is 0 Å². The summed E-state index contributed by atoms with van der Waals surface area (Å²) >= 11 is 0. The number of fused-ring (bicyclic) bond motifs is 5. The molecule has 3 aliphatic rings. The molecule has 3 aliphatic carbocycles. The molecule has 128 valence electrons. The van der Waals surface area contributed by atoms with Gasteiger partial charge in [-0.3, -0.25) is 4.79 Å². The Hall–Kier alpha value is -1.35. The van der Waals surface area contributed by atoms with Crippen LogP contribution >= 0.6 is 0 Å². The van der Waals surface area contributed by atoms with Crippen molar-refractivity contribution in [2.45, 2.75) is 58.2 Å². The minimum atomic E-state index is -1.56. The number of carbonyl (C=O) groups excluding carboxylic acids is 1. The summed E-state index contributed by atoms with van der Waals surface area (Å²) in [5, 5.41) is 0. The molecule has 0 radical (unpaired) electrons. The van der Waals surface area contributed by atoms with Crippen molar-refractivity contribution in [1.82, 2.24) is 0 Å². The number of hydrogen-bond acceptors (Lipinski definition) is 2. The lowest BCUT2D eigenvalue weighted by atomic mass is 9.55. The third kappa shape index (κ3) is 2.48. The van der Waals surface area contributed by atoms with Gasteiger partial charge in [0.25, 0.3) is 0 Å². The number of carbonyl (C=O) groups is 1. The summed E-state index contributed by atoms with van der Waals surface area (Å²) < 4.78 is 6.19. The maximum absolute atomic E-state index is 12.3. The van der Waals surface area contributed by atoms with Gasteiger partial charge < -0.3 is 4.43 Å². The second-order valence-corrected chi connectivity index (χ2v) is 13.5. The summed E-state index contributed by atoms with van der Waals surface area (Å²) in [6.45, 7) is 8.88. The van der Waals surface area contributed by atoms with Crippen LogP contribution in [0.25, 0.3) is 0 Å². The van der Waals surface area contributed by atoms with E-state index in [4.69, 9.17) is 4.43 Å². The Bertz CT molecular complexity index is 715. The van der Waals surface area contributed by atoms with E-state index >= 15 is 0 Å². The highest BCUT2D eigenvalue weighted by Crippen LogP contribution is 2.57. The zero-order valence-corrected chi connectivity index (χ0v) is 16.3. The van der Waals surface area contributed by atoms with Gasteiger partial charge in [0, 0.05) is 5.41 Å². The van der Waals surface area contributed by atoms with E-state index in [1.807, 2.05) is 6.08 Å². The summed E-state index contributed by atoms with van der Waals surface area (Å²) in [5.41, 5.74) is 2.87. The van der Waals surface area contributed by atoms with Crippen molar-refractivity contribution in [2.75, 3.05) is 0 Å². The number of rotatable bonds is 2. The first-order valence-electron chi connectivity index (χ1n) is 9.32. The van der Waals surface area contributed by atoms with E-state index in [1.165, 1.54) is 17.5 Å². The molecule has 4 atom stereocenters. The number of ketones is 1. The smallest absolute Gasteiger partial charge is 0.242 e. The number of allylic oxidation sites excluding steroid dienone is 2. The first-order valence-corrected chi connectivity index (χ1v) is 12.7. The SMILES string of the molecule is C[C@]12CC[C@@H]3c4ccc(O[Si](C)(C)C)cc4CC[C@H]3[C@@H]1C=CC2=O. The van der Waals surface area contributed by atoms with Gasteiger partial charge in [-0.05, 0) is 92.4 Å². The fraction of sp³-hybridized carbons (Fsp3) is 0.571. The Morgan fingerprint density at radius 1 is 1.21 bits per heavy atom. The van der Waals surface area contributed by atoms with Gasteiger partial charge in [-0.2, -0.15) is 0 Å². The summed E-state index contributed by atoms with van der Waals surface area (Å²) in [6.07, 6.45) is 8.56. The van der Waals surface area contributed by atoms with Crippen molar-refractivity contribution in [3.8, 4) is 5.75 Å². The van der Waals surface area contributed by atoms with E-state index in [2.05, 4.69) is 50.8 Å². The molecule has 0 amide bonds. The summed E-state index contributed by atoms with van der Waals surface area (Å²) in [4.78, 5) is 12.3. The van der Waals surface area contributed by atoms with E-state index in [0.717, 1.165) is 25.0 Å². The Labute approximate surface area is 146 Å². The van der Waals surface area contributed by atoms with Crippen LogP contribution in [0.2, 0.25) is 19.6 Å². The lowest BCUT2D eigenvalue weighted by molar-refractivity contribution is -0.126. The molecule has 0 spiro atoms. The Balaban J connectivity index is 1.64. The number of aryl methyl sites for hydroxylation is 1. The molecule has 0 unspecified atom stereocenters. The van der Waals surface area contributed by atoms with Crippen LogP contribution < -0.4 is 4.43 Å². The maximum atomic E-state index is 12.3. The normalized spacial score (nSPS) is 34.5. The van der Waals surface area contributed by atoms with Crippen LogP contribution in [-0.4, -0.2) is 14.1 Å². The third-order valence-corrected chi connectivity index (χ3v) is 7.24. The number of benzene rings is 1. The molecule has 0 bridgehead atoms. The van der Waals surface area contributed by atoms with Crippen LogP contribution in [0.1, 0.15) is 43.2 Å². The fourth-order valence-corrected chi connectivity index (χ4v) is 6.08. The van der Waals surface area contributed by atoms with Crippen LogP contribution in [0.15, 0.2) is 30.4 Å². The van der Waals surface area contributed by atoms with Gasteiger partial charge in [0.05, 0.1) is 0 Å². The van der Waals surface area contributed by atoms with Crippen molar-refractivity contribution in [2.24, 2.45) is 17.3 Å². The molecular formula is C21H28O2Si. The van der Waals surface area contributed by atoms with Crippen LogP contribution in [0.3, 0.4) is 0 Å². The van der Waals surface area contributed by atoms with E-state index in [9.17, 15) is 4.79 Å². The summed E-state index contributed by atoms with van der Waals surface area (Å²) in [5.74, 6) is 3.08. The third-order valence-electron chi connectivity index (χ3n) is 6.39. The molecule has 24 heavy (non-hydrogen) atoms. The lowest BCUT2D eigenvalue weighted by Crippen LogP contribution is -2.42. The van der Waals surface area contributed by atoms with Crippen molar-refractivity contribution in [3.63, 3.8) is 0 Å².